The van der Waals surface area contributed by atoms with Crippen LogP contribution in [0.4, 0.5) is 11.5 Å². The summed E-state index contributed by atoms with van der Waals surface area (Å²) in [5, 5.41) is 6.04. The molecule has 0 aliphatic heterocycles. The molecule has 1 amide bonds. The second-order valence-corrected chi connectivity index (χ2v) is 6.57. The maximum Gasteiger partial charge on any atom is 0.275 e. The van der Waals surface area contributed by atoms with Gasteiger partial charge in [-0.3, -0.25) is 4.79 Å². The van der Waals surface area contributed by atoms with Crippen LogP contribution in [0.15, 0.2) is 67.0 Å². The highest BCUT2D eigenvalue weighted by Gasteiger charge is 2.12. The van der Waals surface area contributed by atoms with Crippen LogP contribution < -0.4 is 15.4 Å². The molecule has 144 valence electrons. The third-order valence-electron chi connectivity index (χ3n) is 3.95. The molecule has 1 aromatic heterocycles. The summed E-state index contributed by atoms with van der Waals surface area (Å²) in [5.41, 5.74) is 2.10. The van der Waals surface area contributed by atoms with Crippen molar-refractivity contribution in [3.8, 4) is 5.75 Å². The molecule has 0 aliphatic rings. The first-order valence-corrected chi connectivity index (χ1v) is 9.28. The summed E-state index contributed by atoms with van der Waals surface area (Å²) in [7, 11) is 0. The highest BCUT2D eigenvalue weighted by molar-refractivity contribution is 6.03. The minimum Gasteiger partial charge on any atom is -0.489 e. The quantitative estimate of drug-likeness (QED) is 0.617. The standard InChI is InChI=1S/C22H24N4O2/c1-16(2)28-20-11-7-6-10-18(20)26-22(27)19-14-25-21(15-24-19)23-13-12-17-8-4-3-5-9-17/h3-11,14-16H,12-13H2,1-2H3,(H,23,25)(H,26,27). The van der Waals surface area contributed by atoms with Crippen molar-refractivity contribution in [3.63, 3.8) is 0 Å². The highest BCUT2D eigenvalue weighted by atomic mass is 16.5. The maximum atomic E-state index is 12.5. The van der Waals surface area contributed by atoms with Crippen molar-refractivity contribution in [1.29, 1.82) is 0 Å². The van der Waals surface area contributed by atoms with Gasteiger partial charge in [0.1, 0.15) is 17.3 Å². The Hall–Kier alpha value is -3.41. The molecule has 0 radical (unpaired) electrons. The molecule has 0 fully saturated rings. The van der Waals surface area contributed by atoms with Crippen molar-refractivity contribution in [2.75, 3.05) is 17.2 Å². The van der Waals surface area contributed by atoms with E-state index >= 15 is 0 Å². The molecule has 0 aliphatic carbocycles. The minimum atomic E-state index is -0.330. The second-order valence-electron chi connectivity index (χ2n) is 6.57. The topological polar surface area (TPSA) is 76.1 Å². The van der Waals surface area contributed by atoms with Crippen LogP contribution in [0.3, 0.4) is 0 Å². The molecule has 0 bridgehead atoms. The lowest BCUT2D eigenvalue weighted by Gasteiger charge is -2.14. The van der Waals surface area contributed by atoms with E-state index in [1.807, 2.05) is 50.2 Å². The van der Waals surface area contributed by atoms with E-state index in [4.69, 9.17) is 4.74 Å². The van der Waals surface area contributed by atoms with E-state index < -0.39 is 0 Å². The van der Waals surface area contributed by atoms with E-state index in [2.05, 4.69) is 32.7 Å². The van der Waals surface area contributed by atoms with Crippen LogP contribution in [0, 0.1) is 0 Å². The Kier molecular flexibility index (Phi) is 6.57. The van der Waals surface area contributed by atoms with Gasteiger partial charge in [-0.25, -0.2) is 9.97 Å². The summed E-state index contributed by atoms with van der Waals surface area (Å²) < 4.78 is 5.72. The average Bonchev–Trinajstić information content (AvgIpc) is 2.70. The van der Waals surface area contributed by atoms with E-state index in [9.17, 15) is 4.79 Å². The molecular formula is C22H24N4O2. The summed E-state index contributed by atoms with van der Waals surface area (Å²) in [6.07, 6.45) is 3.93. The fourth-order valence-electron chi connectivity index (χ4n) is 2.63. The molecule has 0 saturated heterocycles. The molecule has 2 N–H and O–H groups in total. The van der Waals surface area contributed by atoms with Gasteiger partial charge in [0.15, 0.2) is 0 Å². The lowest BCUT2D eigenvalue weighted by atomic mass is 10.1. The molecule has 0 spiro atoms. The number of ether oxygens (including phenoxy) is 1. The number of rotatable bonds is 8. The Bertz CT molecular complexity index is 896. The Morgan fingerprint density at radius 2 is 1.75 bits per heavy atom. The Balaban J connectivity index is 1.57. The van der Waals surface area contributed by atoms with Crippen LogP contribution in [0.5, 0.6) is 5.75 Å². The normalized spacial score (nSPS) is 10.5. The molecule has 1 heterocycles. The van der Waals surface area contributed by atoms with Gasteiger partial charge >= 0.3 is 0 Å². The van der Waals surface area contributed by atoms with Crippen LogP contribution in [-0.4, -0.2) is 28.5 Å². The van der Waals surface area contributed by atoms with Gasteiger partial charge in [0.25, 0.3) is 5.91 Å². The number of nitrogens with zero attached hydrogens (tertiary/aromatic N) is 2. The molecule has 6 heteroatoms. The number of anilines is 2. The Morgan fingerprint density at radius 1 is 1.00 bits per heavy atom. The number of nitrogens with one attached hydrogen (secondary N) is 2. The number of carbonyl (C=O) groups excluding carboxylic acids is 1. The number of hydrogen-bond acceptors (Lipinski definition) is 5. The van der Waals surface area contributed by atoms with Crippen molar-refractivity contribution in [1.82, 2.24) is 9.97 Å². The number of aromatic nitrogens is 2. The van der Waals surface area contributed by atoms with Gasteiger partial charge in [-0.2, -0.15) is 0 Å². The van der Waals surface area contributed by atoms with Crippen LogP contribution in [0.2, 0.25) is 0 Å². The molecule has 3 aromatic rings. The molecule has 3 rings (SSSR count). The molecule has 28 heavy (non-hydrogen) atoms. The highest BCUT2D eigenvalue weighted by Crippen LogP contribution is 2.25. The third kappa shape index (κ3) is 5.54. The van der Waals surface area contributed by atoms with Crippen molar-refractivity contribution in [2.24, 2.45) is 0 Å². The van der Waals surface area contributed by atoms with Gasteiger partial charge in [-0.15, -0.1) is 0 Å². The van der Waals surface area contributed by atoms with Crippen molar-refractivity contribution in [3.05, 3.63) is 78.2 Å². The van der Waals surface area contributed by atoms with Crippen LogP contribution in [-0.2, 0) is 6.42 Å². The van der Waals surface area contributed by atoms with Gasteiger partial charge in [-0.05, 0) is 38.0 Å². The van der Waals surface area contributed by atoms with Crippen LogP contribution >= 0.6 is 0 Å². The largest absolute Gasteiger partial charge is 0.489 e. The second kappa shape index (κ2) is 9.50. The zero-order chi connectivity index (χ0) is 19.8. The van der Waals surface area contributed by atoms with E-state index in [0.29, 0.717) is 17.3 Å². The monoisotopic (exact) mass is 376 g/mol. The van der Waals surface area contributed by atoms with Gasteiger partial charge in [0.2, 0.25) is 0 Å². The molecule has 6 nitrogen and oxygen atoms in total. The van der Waals surface area contributed by atoms with Gasteiger partial charge in [-0.1, -0.05) is 42.5 Å². The van der Waals surface area contributed by atoms with Crippen LogP contribution in [0.1, 0.15) is 29.9 Å². The first kappa shape index (κ1) is 19.4. The van der Waals surface area contributed by atoms with Gasteiger partial charge in [0, 0.05) is 6.54 Å². The van der Waals surface area contributed by atoms with Gasteiger partial charge < -0.3 is 15.4 Å². The smallest absolute Gasteiger partial charge is 0.275 e. The Morgan fingerprint density at radius 3 is 2.46 bits per heavy atom. The summed E-state index contributed by atoms with van der Waals surface area (Å²) in [5.74, 6) is 0.928. The number of carbonyl (C=O) groups is 1. The van der Waals surface area contributed by atoms with Crippen molar-refractivity contribution in [2.45, 2.75) is 26.4 Å². The zero-order valence-corrected chi connectivity index (χ0v) is 16.1. The third-order valence-corrected chi connectivity index (χ3v) is 3.95. The molecule has 0 unspecified atom stereocenters. The summed E-state index contributed by atoms with van der Waals surface area (Å²) in [6.45, 7) is 4.62. The summed E-state index contributed by atoms with van der Waals surface area (Å²) in [4.78, 5) is 21.0. The zero-order valence-electron chi connectivity index (χ0n) is 16.1. The lowest BCUT2D eigenvalue weighted by molar-refractivity contribution is 0.102. The van der Waals surface area contributed by atoms with Crippen LogP contribution in [0.25, 0.3) is 0 Å². The molecule has 2 aromatic carbocycles. The van der Waals surface area contributed by atoms with E-state index in [1.54, 1.807) is 12.3 Å². The Labute approximate surface area is 165 Å². The fraction of sp³-hybridized carbons (Fsp3) is 0.227. The summed E-state index contributed by atoms with van der Waals surface area (Å²) >= 11 is 0. The average molecular weight is 376 g/mol. The lowest BCUT2D eigenvalue weighted by Crippen LogP contribution is -2.16. The number of benzene rings is 2. The molecule has 0 saturated carbocycles. The number of amides is 1. The predicted octanol–water partition coefficient (Wildman–Crippen LogP) is 4.17. The maximum absolute atomic E-state index is 12.5. The van der Waals surface area contributed by atoms with Crippen molar-refractivity contribution >= 4 is 17.4 Å². The van der Waals surface area contributed by atoms with Gasteiger partial charge in [0.05, 0.1) is 24.2 Å². The minimum absolute atomic E-state index is 0.0130. The number of hydrogen-bond donors (Lipinski definition) is 2. The van der Waals surface area contributed by atoms with E-state index in [0.717, 1.165) is 13.0 Å². The fourth-order valence-corrected chi connectivity index (χ4v) is 2.63. The first-order chi connectivity index (χ1) is 13.6. The van der Waals surface area contributed by atoms with Crippen molar-refractivity contribution < 1.29 is 9.53 Å². The summed E-state index contributed by atoms with van der Waals surface area (Å²) in [6, 6.07) is 17.5. The molecule has 0 atom stereocenters. The first-order valence-electron chi connectivity index (χ1n) is 9.28. The van der Waals surface area contributed by atoms with E-state index in [-0.39, 0.29) is 17.7 Å². The van der Waals surface area contributed by atoms with E-state index in [1.165, 1.54) is 11.8 Å². The predicted molar refractivity (Wildman–Crippen MR) is 111 cm³/mol. The number of para-hydroxylation sites is 2. The SMILES string of the molecule is CC(C)Oc1ccccc1NC(=O)c1cnc(NCCc2ccccc2)cn1. The molecular weight excluding hydrogens is 352 g/mol.